The molecule has 0 radical (unpaired) electrons. The number of ether oxygens (including phenoxy) is 1. The van der Waals surface area contributed by atoms with Crippen LogP contribution < -0.4 is 15.0 Å². The van der Waals surface area contributed by atoms with Gasteiger partial charge >= 0.3 is 0 Å². The van der Waals surface area contributed by atoms with Crippen molar-refractivity contribution in [2.45, 2.75) is 13.5 Å². The first kappa shape index (κ1) is 21.3. The zero-order chi connectivity index (χ0) is 18.2. The predicted octanol–water partition coefficient (Wildman–Crippen LogP) is 2.30. The first-order valence-electron chi connectivity index (χ1n) is 9.18. The van der Waals surface area contributed by atoms with Crippen molar-refractivity contribution < 1.29 is 4.74 Å². The standard InChI is InChI=1S/C19H28N6O.HI/c1-3-21-19(22-8-10-23-9-7-20-16-23)25-13-11-24(12-14-25)17-5-4-6-18(15-17)26-2;/h4-7,9,15-16H,3,8,10-14H2,1-2H3,(H,21,22);1H. The monoisotopic (exact) mass is 484 g/mol. The molecule has 1 aliphatic rings. The van der Waals surface area contributed by atoms with E-state index in [-0.39, 0.29) is 24.0 Å². The Morgan fingerprint density at radius 3 is 2.74 bits per heavy atom. The zero-order valence-corrected chi connectivity index (χ0v) is 18.4. The summed E-state index contributed by atoms with van der Waals surface area (Å²) in [5.74, 6) is 1.90. The number of imidazole rings is 1. The fourth-order valence-electron chi connectivity index (χ4n) is 3.10. The molecule has 0 bridgehead atoms. The summed E-state index contributed by atoms with van der Waals surface area (Å²) in [5, 5.41) is 3.42. The minimum atomic E-state index is 0. The summed E-state index contributed by atoms with van der Waals surface area (Å²) in [6, 6.07) is 8.26. The molecule has 2 heterocycles. The van der Waals surface area contributed by atoms with E-state index in [0.29, 0.717) is 0 Å². The number of rotatable bonds is 6. The van der Waals surface area contributed by atoms with E-state index in [1.165, 1.54) is 5.69 Å². The topological polar surface area (TPSA) is 57.9 Å². The number of nitrogens with zero attached hydrogens (tertiary/aromatic N) is 5. The fraction of sp³-hybridized carbons (Fsp3) is 0.474. The van der Waals surface area contributed by atoms with E-state index in [1.54, 1.807) is 13.3 Å². The number of hydrogen-bond donors (Lipinski definition) is 1. The van der Waals surface area contributed by atoms with Crippen LogP contribution >= 0.6 is 24.0 Å². The minimum absolute atomic E-state index is 0. The lowest BCUT2D eigenvalue weighted by molar-refractivity contribution is 0.371. The highest BCUT2D eigenvalue weighted by Crippen LogP contribution is 2.22. The summed E-state index contributed by atoms with van der Waals surface area (Å²) >= 11 is 0. The molecule has 1 N–H and O–H groups in total. The molecule has 0 saturated carbocycles. The van der Waals surface area contributed by atoms with Gasteiger partial charge in [0.05, 0.1) is 20.0 Å². The number of aliphatic imine (C=N–C) groups is 1. The lowest BCUT2D eigenvalue weighted by Gasteiger charge is -2.37. The van der Waals surface area contributed by atoms with Crippen molar-refractivity contribution in [2.24, 2.45) is 4.99 Å². The van der Waals surface area contributed by atoms with Gasteiger partial charge in [0.1, 0.15) is 5.75 Å². The average molecular weight is 484 g/mol. The maximum Gasteiger partial charge on any atom is 0.194 e. The van der Waals surface area contributed by atoms with E-state index < -0.39 is 0 Å². The highest BCUT2D eigenvalue weighted by atomic mass is 127. The van der Waals surface area contributed by atoms with Crippen LogP contribution in [0.3, 0.4) is 0 Å². The van der Waals surface area contributed by atoms with E-state index in [0.717, 1.165) is 57.5 Å². The van der Waals surface area contributed by atoms with Crippen molar-refractivity contribution in [1.82, 2.24) is 19.8 Å². The zero-order valence-electron chi connectivity index (χ0n) is 16.0. The van der Waals surface area contributed by atoms with Crippen LogP contribution in [-0.2, 0) is 6.54 Å². The quantitative estimate of drug-likeness (QED) is 0.388. The van der Waals surface area contributed by atoms with Crippen molar-refractivity contribution in [1.29, 1.82) is 0 Å². The smallest absolute Gasteiger partial charge is 0.194 e. The van der Waals surface area contributed by atoms with Gasteiger partial charge in [-0.3, -0.25) is 4.99 Å². The van der Waals surface area contributed by atoms with Gasteiger partial charge in [-0.2, -0.15) is 0 Å². The molecule has 1 saturated heterocycles. The number of benzene rings is 1. The first-order chi connectivity index (χ1) is 12.8. The maximum absolute atomic E-state index is 5.34. The third-order valence-electron chi connectivity index (χ3n) is 4.51. The van der Waals surface area contributed by atoms with E-state index in [1.807, 2.05) is 29.2 Å². The molecule has 0 atom stereocenters. The Hall–Kier alpha value is -1.97. The molecule has 8 heteroatoms. The van der Waals surface area contributed by atoms with Crippen LogP contribution in [0.1, 0.15) is 6.92 Å². The summed E-state index contributed by atoms with van der Waals surface area (Å²) in [4.78, 5) is 13.6. The molecule has 0 unspecified atom stereocenters. The summed E-state index contributed by atoms with van der Waals surface area (Å²) in [5.41, 5.74) is 1.21. The van der Waals surface area contributed by atoms with Gasteiger partial charge in [0, 0.05) is 63.4 Å². The summed E-state index contributed by atoms with van der Waals surface area (Å²) in [6.07, 6.45) is 5.59. The Balaban J connectivity index is 0.00000261. The van der Waals surface area contributed by atoms with E-state index >= 15 is 0 Å². The van der Waals surface area contributed by atoms with Crippen LogP contribution in [0, 0.1) is 0 Å². The lowest BCUT2D eigenvalue weighted by Crippen LogP contribution is -2.52. The average Bonchev–Trinajstić information content (AvgIpc) is 3.21. The Kier molecular flexibility index (Phi) is 8.70. The number of piperazine rings is 1. The Bertz CT molecular complexity index is 698. The van der Waals surface area contributed by atoms with Crippen LogP contribution in [0.4, 0.5) is 5.69 Å². The summed E-state index contributed by atoms with van der Waals surface area (Å²) in [6.45, 7) is 8.42. The lowest BCUT2D eigenvalue weighted by atomic mass is 10.2. The molecule has 148 valence electrons. The number of aromatic nitrogens is 2. The number of anilines is 1. The van der Waals surface area contributed by atoms with Gasteiger partial charge in [-0.1, -0.05) is 6.07 Å². The highest BCUT2D eigenvalue weighted by molar-refractivity contribution is 14.0. The van der Waals surface area contributed by atoms with Crippen LogP contribution in [0.15, 0.2) is 48.0 Å². The van der Waals surface area contributed by atoms with Crippen molar-refractivity contribution in [2.75, 3.05) is 51.3 Å². The van der Waals surface area contributed by atoms with Gasteiger partial charge in [-0.25, -0.2) is 4.98 Å². The molecule has 0 aliphatic carbocycles. The molecule has 27 heavy (non-hydrogen) atoms. The Labute approximate surface area is 178 Å². The molecule has 2 aromatic rings. The van der Waals surface area contributed by atoms with Crippen molar-refractivity contribution in [3.63, 3.8) is 0 Å². The van der Waals surface area contributed by atoms with Crippen LogP contribution in [0.25, 0.3) is 0 Å². The van der Waals surface area contributed by atoms with Gasteiger partial charge in [0.25, 0.3) is 0 Å². The van der Waals surface area contributed by atoms with Crippen LogP contribution in [-0.4, -0.2) is 66.8 Å². The number of hydrogen-bond acceptors (Lipinski definition) is 4. The first-order valence-corrected chi connectivity index (χ1v) is 9.18. The van der Waals surface area contributed by atoms with Crippen molar-refractivity contribution >= 4 is 35.6 Å². The molecular formula is C19H29IN6O. The molecule has 1 fully saturated rings. The predicted molar refractivity (Wildman–Crippen MR) is 120 cm³/mol. The van der Waals surface area contributed by atoms with Gasteiger partial charge < -0.3 is 24.4 Å². The third-order valence-corrected chi connectivity index (χ3v) is 4.51. The van der Waals surface area contributed by atoms with Gasteiger partial charge in [0.15, 0.2) is 5.96 Å². The maximum atomic E-state index is 5.34. The molecule has 3 rings (SSSR count). The van der Waals surface area contributed by atoms with Crippen molar-refractivity contribution in [3.8, 4) is 5.75 Å². The summed E-state index contributed by atoms with van der Waals surface area (Å²) < 4.78 is 7.39. The van der Waals surface area contributed by atoms with Crippen molar-refractivity contribution in [3.05, 3.63) is 43.0 Å². The normalized spacial score (nSPS) is 14.7. The van der Waals surface area contributed by atoms with Gasteiger partial charge in [-0.15, -0.1) is 24.0 Å². The molecule has 7 nitrogen and oxygen atoms in total. The molecule has 0 amide bonds. The minimum Gasteiger partial charge on any atom is -0.497 e. The highest BCUT2D eigenvalue weighted by Gasteiger charge is 2.20. The largest absolute Gasteiger partial charge is 0.497 e. The molecule has 1 aromatic heterocycles. The number of nitrogens with one attached hydrogen (secondary N) is 1. The van der Waals surface area contributed by atoms with E-state index in [9.17, 15) is 0 Å². The van der Waals surface area contributed by atoms with E-state index in [2.05, 4.69) is 39.2 Å². The van der Waals surface area contributed by atoms with Gasteiger partial charge in [0.2, 0.25) is 0 Å². The third kappa shape index (κ3) is 6.02. The summed E-state index contributed by atoms with van der Waals surface area (Å²) in [7, 11) is 1.71. The second kappa shape index (κ2) is 11.0. The second-order valence-corrected chi connectivity index (χ2v) is 6.21. The van der Waals surface area contributed by atoms with Crippen LogP contribution in [0.2, 0.25) is 0 Å². The van der Waals surface area contributed by atoms with Gasteiger partial charge in [-0.05, 0) is 19.1 Å². The Morgan fingerprint density at radius 1 is 1.26 bits per heavy atom. The molecular weight excluding hydrogens is 455 g/mol. The fourth-order valence-corrected chi connectivity index (χ4v) is 3.10. The molecule has 0 spiro atoms. The molecule has 1 aromatic carbocycles. The number of halogens is 1. The number of methoxy groups -OCH3 is 1. The number of guanidine groups is 1. The molecule has 1 aliphatic heterocycles. The Morgan fingerprint density at radius 2 is 2.07 bits per heavy atom. The van der Waals surface area contributed by atoms with E-state index in [4.69, 9.17) is 9.73 Å². The second-order valence-electron chi connectivity index (χ2n) is 6.21. The van der Waals surface area contributed by atoms with Crippen LogP contribution in [0.5, 0.6) is 5.75 Å². The SMILES string of the molecule is CCNC(=NCCn1ccnc1)N1CCN(c2cccc(OC)c2)CC1.I.